The number of nitrogens with one attached hydrogen (secondary N) is 2. The average Bonchev–Trinajstić information content (AvgIpc) is 3.18. The number of hydrogen-bond acceptors (Lipinski definition) is 3. The molecular formula is C24H29F3N4O. The fourth-order valence-electron chi connectivity index (χ4n) is 6.22. The predicted molar refractivity (Wildman–Crippen MR) is 115 cm³/mol. The summed E-state index contributed by atoms with van der Waals surface area (Å²) in [6, 6.07) is 6.72. The van der Waals surface area contributed by atoms with E-state index in [9.17, 15) is 18.0 Å². The lowest BCUT2D eigenvalue weighted by Gasteiger charge is -2.62. The van der Waals surface area contributed by atoms with E-state index < -0.39 is 18.3 Å². The summed E-state index contributed by atoms with van der Waals surface area (Å²) in [5, 5.41) is 10.3. The largest absolute Gasteiger partial charge is 0.410 e. The fraction of sp³-hybridized carbons (Fsp3) is 0.583. The molecule has 2 heterocycles. The number of hydrogen-bond donors (Lipinski definition) is 2. The molecule has 3 saturated carbocycles. The molecule has 3 fully saturated rings. The van der Waals surface area contributed by atoms with Crippen LogP contribution in [0.1, 0.15) is 68.0 Å². The zero-order chi connectivity index (χ0) is 22.8. The third-order valence-electron chi connectivity index (χ3n) is 8.36. The van der Waals surface area contributed by atoms with Crippen molar-refractivity contribution in [3.8, 4) is 0 Å². The number of amides is 1. The molecule has 5 nitrogen and oxygen atoms in total. The molecule has 1 unspecified atom stereocenters. The summed E-state index contributed by atoms with van der Waals surface area (Å²) in [6.07, 6.45) is -1.28. The van der Waals surface area contributed by atoms with Crippen molar-refractivity contribution in [1.29, 1.82) is 0 Å². The van der Waals surface area contributed by atoms with Gasteiger partial charge in [0.15, 0.2) is 6.04 Å². The fourth-order valence-corrected chi connectivity index (χ4v) is 6.22. The van der Waals surface area contributed by atoms with Crippen molar-refractivity contribution < 1.29 is 18.0 Å². The summed E-state index contributed by atoms with van der Waals surface area (Å²) in [5.41, 5.74) is 1.22. The summed E-state index contributed by atoms with van der Waals surface area (Å²) in [5.74, 6) is 1.25. The van der Waals surface area contributed by atoms with Gasteiger partial charge >= 0.3 is 6.18 Å². The second-order valence-corrected chi connectivity index (χ2v) is 10.3. The first-order valence-corrected chi connectivity index (χ1v) is 11.3. The molecular weight excluding hydrogens is 417 g/mol. The third-order valence-corrected chi connectivity index (χ3v) is 8.36. The molecule has 3 aliphatic carbocycles. The molecule has 6 rings (SSSR count). The highest BCUT2D eigenvalue weighted by molar-refractivity contribution is 5.99. The summed E-state index contributed by atoms with van der Waals surface area (Å²) >= 11 is 0. The number of aromatic nitrogens is 2. The Hall–Kier alpha value is -2.51. The van der Waals surface area contributed by atoms with Crippen LogP contribution >= 0.6 is 0 Å². The molecule has 1 aromatic carbocycles. The van der Waals surface area contributed by atoms with E-state index in [1.165, 1.54) is 12.6 Å². The van der Waals surface area contributed by atoms with E-state index in [0.29, 0.717) is 23.2 Å². The molecule has 0 saturated heterocycles. The van der Waals surface area contributed by atoms with Gasteiger partial charge in [0, 0.05) is 12.5 Å². The Morgan fingerprint density at radius 2 is 1.91 bits per heavy atom. The lowest BCUT2D eigenvalue weighted by Crippen LogP contribution is -2.60. The van der Waals surface area contributed by atoms with E-state index in [2.05, 4.69) is 36.5 Å². The summed E-state index contributed by atoms with van der Waals surface area (Å²) in [4.78, 5) is 13.2. The van der Waals surface area contributed by atoms with Gasteiger partial charge in [-0.25, -0.2) is 4.68 Å². The van der Waals surface area contributed by atoms with Gasteiger partial charge in [-0.2, -0.15) is 18.3 Å². The zero-order valence-electron chi connectivity index (χ0n) is 18.5. The minimum atomic E-state index is -4.46. The van der Waals surface area contributed by atoms with Crippen LogP contribution < -0.4 is 10.6 Å². The summed E-state index contributed by atoms with van der Waals surface area (Å²) < 4.78 is 42.6. The van der Waals surface area contributed by atoms with Crippen LogP contribution in [0, 0.1) is 23.2 Å². The van der Waals surface area contributed by atoms with Crippen LogP contribution in [0.15, 0.2) is 36.5 Å². The number of nitrogens with zero attached hydrogens (tertiary/aromatic N) is 2. The van der Waals surface area contributed by atoms with Crippen molar-refractivity contribution in [2.24, 2.45) is 23.2 Å². The Morgan fingerprint density at radius 1 is 1.19 bits per heavy atom. The zero-order valence-corrected chi connectivity index (χ0v) is 18.5. The molecule has 1 amide bonds. The maximum Gasteiger partial charge on any atom is 0.410 e. The monoisotopic (exact) mass is 446 g/mol. The Balaban J connectivity index is 1.41. The van der Waals surface area contributed by atoms with Gasteiger partial charge in [0.25, 0.3) is 5.91 Å². The molecule has 1 aliphatic heterocycles. The highest BCUT2D eigenvalue weighted by Crippen LogP contribution is 2.61. The maximum atomic E-state index is 13.9. The molecule has 172 valence electrons. The van der Waals surface area contributed by atoms with Gasteiger partial charge in [-0.15, -0.1) is 0 Å². The quantitative estimate of drug-likeness (QED) is 0.669. The number of carbonyl (C=O) groups excluding carboxylic acids is 1. The molecule has 1 aromatic heterocycles. The Bertz CT molecular complexity index is 1020. The molecule has 2 aromatic rings. The van der Waals surface area contributed by atoms with Gasteiger partial charge in [0.2, 0.25) is 0 Å². The van der Waals surface area contributed by atoms with Crippen molar-refractivity contribution in [3.63, 3.8) is 0 Å². The Kier molecular flexibility index (Phi) is 4.84. The van der Waals surface area contributed by atoms with Gasteiger partial charge in [-0.05, 0) is 41.6 Å². The van der Waals surface area contributed by atoms with Crippen molar-refractivity contribution in [2.45, 2.75) is 64.3 Å². The van der Waals surface area contributed by atoms with Gasteiger partial charge in [0.05, 0.1) is 12.2 Å². The van der Waals surface area contributed by atoms with Gasteiger partial charge in [0.1, 0.15) is 11.4 Å². The van der Waals surface area contributed by atoms with Crippen LogP contribution in [-0.4, -0.2) is 27.9 Å². The van der Waals surface area contributed by atoms with Gasteiger partial charge in [-0.1, -0.05) is 51.1 Å². The number of alkyl halides is 3. The number of rotatable bonds is 3. The molecule has 2 bridgehead atoms. The molecule has 0 radical (unpaired) electrons. The third kappa shape index (κ3) is 3.30. The topological polar surface area (TPSA) is 59.0 Å². The standard InChI is InChI=1S/C24H29F3N4O/c1-13-17-9-15(23(17,2)3)10-18(13)30-22(32)16-12-28-31-20(24(25,26)27)11-19(29-21(16)31)14-7-5-4-6-8-14/h4-8,12-13,15,17-20,29H,9-11H2,1-3H3,(H,30,32)/t13-,15-,17+,18?,19+,20-/m0/s1. The normalized spacial score (nSPS) is 32.9. The SMILES string of the molecule is C[C@@H]1C(NC(=O)c2cnn3c2N[C@@H](c2ccccc2)C[C@H]3C(F)(F)F)C[C@@H]2C[C@H]1C2(C)C. The molecule has 2 N–H and O–H groups in total. The van der Waals surface area contributed by atoms with Gasteiger partial charge in [-0.3, -0.25) is 4.79 Å². The van der Waals surface area contributed by atoms with Crippen molar-refractivity contribution in [1.82, 2.24) is 15.1 Å². The molecule has 8 heteroatoms. The summed E-state index contributed by atoms with van der Waals surface area (Å²) in [6.45, 7) is 6.75. The Morgan fingerprint density at radius 3 is 2.53 bits per heavy atom. The van der Waals surface area contributed by atoms with Crippen molar-refractivity contribution in [2.75, 3.05) is 5.32 Å². The van der Waals surface area contributed by atoms with E-state index in [1.807, 2.05) is 6.07 Å². The predicted octanol–water partition coefficient (Wildman–Crippen LogP) is 5.34. The number of benzene rings is 1. The highest BCUT2D eigenvalue weighted by Gasteiger charge is 2.56. The molecule has 6 atom stereocenters. The van der Waals surface area contributed by atoms with Gasteiger partial charge < -0.3 is 10.6 Å². The number of carbonyl (C=O) groups is 1. The molecule has 4 aliphatic rings. The van der Waals surface area contributed by atoms with E-state index in [-0.39, 0.29) is 29.8 Å². The van der Waals surface area contributed by atoms with Crippen molar-refractivity contribution in [3.05, 3.63) is 47.7 Å². The Labute approximate surface area is 185 Å². The van der Waals surface area contributed by atoms with Crippen LogP contribution in [0.4, 0.5) is 19.0 Å². The first kappa shape index (κ1) is 21.3. The van der Waals surface area contributed by atoms with E-state index in [1.54, 1.807) is 24.3 Å². The molecule has 0 spiro atoms. The summed E-state index contributed by atoms with van der Waals surface area (Å²) in [7, 11) is 0. The van der Waals surface area contributed by atoms with Crippen LogP contribution in [0.3, 0.4) is 0 Å². The van der Waals surface area contributed by atoms with E-state index in [0.717, 1.165) is 16.7 Å². The first-order valence-electron chi connectivity index (χ1n) is 11.3. The second-order valence-electron chi connectivity index (χ2n) is 10.3. The van der Waals surface area contributed by atoms with Crippen molar-refractivity contribution >= 4 is 11.7 Å². The van der Waals surface area contributed by atoms with E-state index >= 15 is 0 Å². The lowest BCUT2D eigenvalue weighted by atomic mass is 9.45. The average molecular weight is 447 g/mol. The smallest absolute Gasteiger partial charge is 0.363 e. The van der Waals surface area contributed by atoms with Crippen LogP contribution in [0.5, 0.6) is 0 Å². The van der Waals surface area contributed by atoms with Crippen LogP contribution in [0.2, 0.25) is 0 Å². The molecule has 32 heavy (non-hydrogen) atoms. The number of fused-ring (bicyclic) bond motifs is 3. The number of halogens is 3. The first-order chi connectivity index (χ1) is 15.1. The van der Waals surface area contributed by atoms with Crippen LogP contribution in [-0.2, 0) is 0 Å². The van der Waals surface area contributed by atoms with Crippen LogP contribution in [0.25, 0.3) is 0 Å². The maximum absolute atomic E-state index is 13.9. The minimum absolute atomic E-state index is 0.0294. The lowest BCUT2D eigenvalue weighted by molar-refractivity contribution is -0.173. The van der Waals surface area contributed by atoms with E-state index in [4.69, 9.17) is 0 Å². The second kappa shape index (κ2) is 7.25. The highest BCUT2D eigenvalue weighted by atomic mass is 19.4. The minimum Gasteiger partial charge on any atom is -0.363 e. The number of anilines is 1.